The van der Waals surface area contributed by atoms with Crippen LogP contribution >= 0.6 is 0 Å². The second-order valence-electron chi connectivity index (χ2n) is 5.16. The molecular weight excluding hydrogens is 231 g/mol. The lowest BCUT2D eigenvalue weighted by molar-refractivity contribution is -0.144. The first-order valence-electron chi connectivity index (χ1n) is 6.60. The summed E-state index contributed by atoms with van der Waals surface area (Å²) >= 11 is 0. The quantitative estimate of drug-likeness (QED) is 0.885. The van der Waals surface area contributed by atoms with Gasteiger partial charge in [-0.3, -0.25) is 4.79 Å². The van der Waals surface area contributed by atoms with Crippen molar-refractivity contribution in [3.05, 3.63) is 35.6 Å². The molecule has 2 nitrogen and oxygen atoms in total. The van der Waals surface area contributed by atoms with Crippen molar-refractivity contribution in [1.29, 1.82) is 0 Å². The topological polar surface area (TPSA) is 37.3 Å². The minimum absolute atomic E-state index is 0.178. The SMILES string of the molecule is CCC1CCC(C(=O)O)C(c2ccccc2F)C1. The van der Waals surface area contributed by atoms with Gasteiger partial charge in [-0.15, -0.1) is 0 Å². The number of carboxylic acid groups (broad SMARTS) is 1. The van der Waals surface area contributed by atoms with Crippen molar-refractivity contribution in [3.63, 3.8) is 0 Å². The van der Waals surface area contributed by atoms with Crippen LogP contribution in [-0.4, -0.2) is 11.1 Å². The largest absolute Gasteiger partial charge is 0.481 e. The molecule has 0 aliphatic heterocycles. The summed E-state index contributed by atoms with van der Waals surface area (Å²) in [6, 6.07) is 6.58. The van der Waals surface area contributed by atoms with Gasteiger partial charge in [-0.05, 0) is 36.8 Å². The first kappa shape index (κ1) is 13.1. The van der Waals surface area contributed by atoms with E-state index in [1.807, 2.05) is 0 Å². The molecule has 1 N–H and O–H groups in total. The zero-order valence-corrected chi connectivity index (χ0v) is 10.6. The fourth-order valence-corrected chi connectivity index (χ4v) is 3.04. The van der Waals surface area contributed by atoms with Gasteiger partial charge in [-0.1, -0.05) is 31.5 Å². The maximum Gasteiger partial charge on any atom is 0.307 e. The molecule has 0 bridgehead atoms. The van der Waals surface area contributed by atoms with Gasteiger partial charge in [0.15, 0.2) is 0 Å². The van der Waals surface area contributed by atoms with E-state index in [0.717, 1.165) is 19.3 Å². The standard InChI is InChI=1S/C15H19FO2/c1-2-10-7-8-12(15(17)18)13(9-10)11-5-3-4-6-14(11)16/h3-6,10,12-13H,2,7-9H2,1H3,(H,17,18). The zero-order chi connectivity index (χ0) is 13.1. The Balaban J connectivity index is 2.30. The van der Waals surface area contributed by atoms with Crippen molar-refractivity contribution >= 4 is 5.97 Å². The van der Waals surface area contributed by atoms with E-state index < -0.39 is 11.9 Å². The minimum atomic E-state index is -0.794. The van der Waals surface area contributed by atoms with Crippen LogP contribution in [0.15, 0.2) is 24.3 Å². The summed E-state index contributed by atoms with van der Waals surface area (Å²) in [4.78, 5) is 11.3. The number of rotatable bonds is 3. The molecule has 0 heterocycles. The van der Waals surface area contributed by atoms with Crippen LogP contribution in [0.25, 0.3) is 0 Å². The van der Waals surface area contributed by atoms with Crippen LogP contribution in [0.1, 0.15) is 44.1 Å². The van der Waals surface area contributed by atoms with Crippen LogP contribution in [0.2, 0.25) is 0 Å². The fourth-order valence-electron chi connectivity index (χ4n) is 3.04. The number of hydrogen-bond donors (Lipinski definition) is 1. The number of carbonyl (C=O) groups is 1. The van der Waals surface area contributed by atoms with Gasteiger partial charge in [0, 0.05) is 5.92 Å². The summed E-state index contributed by atoms with van der Waals surface area (Å²) < 4.78 is 13.8. The molecule has 1 aromatic carbocycles. The van der Waals surface area contributed by atoms with Crippen molar-refractivity contribution in [1.82, 2.24) is 0 Å². The van der Waals surface area contributed by atoms with Crippen molar-refractivity contribution in [2.75, 3.05) is 0 Å². The van der Waals surface area contributed by atoms with Crippen LogP contribution in [0.4, 0.5) is 4.39 Å². The molecule has 1 fully saturated rings. The second-order valence-corrected chi connectivity index (χ2v) is 5.16. The molecule has 0 amide bonds. The summed E-state index contributed by atoms with van der Waals surface area (Å²) in [6.07, 6.45) is 3.43. The van der Waals surface area contributed by atoms with E-state index in [9.17, 15) is 14.3 Å². The molecule has 0 spiro atoms. The van der Waals surface area contributed by atoms with Gasteiger partial charge in [0.25, 0.3) is 0 Å². The van der Waals surface area contributed by atoms with Crippen molar-refractivity contribution in [2.24, 2.45) is 11.8 Å². The molecule has 1 saturated carbocycles. The Kier molecular flexibility index (Phi) is 4.00. The first-order valence-corrected chi connectivity index (χ1v) is 6.60. The number of hydrogen-bond acceptors (Lipinski definition) is 1. The predicted molar refractivity (Wildman–Crippen MR) is 67.9 cm³/mol. The Hall–Kier alpha value is -1.38. The molecule has 18 heavy (non-hydrogen) atoms. The van der Waals surface area contributed by atoms with Crippen LogP contribution in [-0.2, 0) is 4.79 Å². The summed E-state index contributed by atoms with van der Waals surface area (Å²) in [7, 11) is 0. The van der Waals surface area contributed by atoms with Crippen molar-refractivity contribution in [3.8, 4) is 0 Å². The second kappa shape index (κ2) is 5.51. The van der Waals surface area contributed by atoms with Gasteiger partial charge in [0.1, 0.15) is 5.82 Å². The monoisotopic (exact) mass is 250 g/mol. The average molecular weight is 250 g/mol. The normalized spacial score (nSPS) is 28.0. The molecule has 0 aromatic heterocycles. The van der Waals surface area contributed by atoms with Gasteiger partial charge in [0.2, 0.25) is 0 Å². The zero-order valence-electron chi connectivity index (χ0n) is 10.6. The molecule has 3 heteroatoms. The van der Waals surface area contributed by atoms with E-state index in [0.29, 0.717) is 17.9 Å². The number of halogens is 1. The first-order chi connectivity index (χ1) is 8.63. The minimum Gasteiger partial charge on any atom is -0.481 e. The van der Waals surface area contributed by atoms with Gasteiger partial charge in [0.05, 0.1) is 5.92 Å². The molecule has 3 atom stereocenters. The number of benzene rings is 1. The van der Waals surface area contributed by atoms with E-state index >= 15 is 0 Å². The number of carboxylic acids is 1. The molecule has 3 unspecified atom stereocenters. The van der Waals surface area contributed by atoms with Crippen molar-refractivity contribution in [2.45, 2.75) is 38.5 Å². The maximum absolute atomic E-state index is 13.8. The fraction of sp³-hybridized carbons (Fsp3) is 0.533. The van der Waals surface area contributed by atoms with E-state index in [1.165, 1.54) is 6.07 Å². The molecule has 98 valence electrons. The molecular formula is C15H19FO2. The Morgan fingerprint density at radius 1 is 1.39 bits per heavy atom. The molecule has 1 aliphatic carbocycles. The Morgan fingerprint density at radius 2 is 2.11 bits per heavy atom. The van der Waals surface area contributed by atoms with Crippen molar-refractivity contribution < 1.29 is 14.3 Å². The van der Waals surface area contributed by atoms with Crippen LogP contribution in [0.3, 0.4) is 0 Å². The Morgan fingerprint density at radius 3 is 2.72 bits per heavy atom. The lowest BCUT2D eigenvalue weighted by atomic mass is 9.70. The van der Waals surface area contributed by atoms with Gasteiger partial charge >= 0.3 is 5.97 Å². The third kappa shape index (κ3) is 2.55. The lowest BCUT2D eigenvalue weighted by Crippen LogP contribution is -2.29. The third-order valence-corrected chi connectivity index (χ3v) is 4.16. The highest BCUT2D eigenvalue weighted by Gasteiger charge is 2.36. The highest BCUT2D eigenvalue weighted by Crippen LogP contribution is 2.42. The Bertz CT molecular complexity index is 430. The summed E-state index contributed by atoms with van der Waals surface area (Å²) in [5, 5.41) is 9.30. The van der Waals surface area contributed by atoms with Gasteiger partial charge in [-0.2, -0.15) is 0 Å². The highest BCUT2D eigenvalue weighted by atomic mass is 19.1. The molecule has 1 aliphatic rings. The van der Waals surface area contributed by atoms with E-state index in [2.05, 4.69) is 6.92 Å². The van der Waals surface area contributed by atoms with Gasteiger partial charge < -0.3 is 5.11 Å². The predicted octanol–water partition coefficient (Wildman–Crippen LogP) is 3.82. The van der Waals surface area contributed by atoms with Crippen LogP contribution < -0.4 is 0 Å². The summed E-state index contributed by atoms with van der Waals surface area (Å²) in [5.41, 5.74) is 0.572. The van der Waals surface area contributed by atoms with E-state index in [4.69, 9.17) is 0 Å². The molecule has 0 saturated heterocycles. The van der Waals surface area contributed by atoms with E-state index in [-0.39, 0.29) is 11.7 Å². The lowest BCUT2D eigenvalue weighted by Gasteiger charge is -2.34. The molecule has 2 rings (SSSR count). The summed E-state index contributed by atoms with van der Waals surface area (Å²) in [6.45, 7) is 2.12. The van der Waals surface area contributed by atoms with Crippen LogP contribution in [0, 0.1) is 17.7 Å². The average Bonchev–Trinajstić information content (AvgIpc) is 2.38. The highest BCUT2D eigenvalue weighted by molar-refractivity contribution is 5.71. The van der Waals surface area contributed by atoms with Crippen LogP contribution in [0.5, 0.6) is 0 Å². The van der Waals surface area contributed by atoms with E-state index in [1.54, 1.807) is 18.2 Å². The Labute approximate surface area is 107 Å². The maximum atomic E-state index is 13.8. The number of aliphatic carboxylic acids is 1. The smallest absolute Gasteiger partial charge is 0.307 e. The molecule has 1 aromatic rings. The van der Waals surface area contributed by atoms with Gasteiger partial charge in [-0.25, -0.2) is 4.39 Å². The third-order valence-electron chi connectivity index (χ3n) is 4.16. The molecule has 0 radical (unpaired) electrons. The summed E-state index contributed by atoms with van der Waals surface area (Å²) in [5.74, 6) is -1.17.